The molecule has 3 aromatic heterocycles. The van der Waals surface area contributed by atoms with E-state index in [4.69, 9.17) is 4.42 Å². The number of aryl methyl sites for hydroxylation is 2. The first-order valence-electron chi connectivity index (χ1n) is 5.66. The Labute approximate surface area is 124 Å². The van der Waals surface area contributed by atoms with Gasteiger partial charge < -0.3 is 4.42 Å². The van der Waals surface area contributed by atoms with Gasteiger partial charge in [-0.2, -0.15) is 0 Å². The van der Waals surface area contributed by atoms with Crippen LogP contribution in [0.3, 0.4) is 0 Å². The Morgan fingerprint density at radius 2 is 2.21 bits per heavy atom. The van der Waals surface area contributed by atoms with Crippen molar-refractivity contribution in [1.29, 1.82) is 0 Å². The zero-order chi connectivity index (χ0) is 12.5. The zero-order valence-corrected chi connectivity index (χ0v) is 12.9. The molecule has 3 aromatic rings. The summed E-state index contributed by atoms with van der Waals surface area (Å²) in [6.07, 6.45) is 5.06. The number of hydrogen-bond donors (Lipinski definition) is 0. The molecule has 0 N–H and O–H groups in total. The maximum atomic E-state index is 5.51. The minimum absolute atomic E-state index is 0. The topological polar surface area (TPSA) is 43.9 Å². The van der Waals surface area contributed by atoms with E-state index in [0.29, 0.717) is 0 Å². The van der Waals surface area contributed by atoms with Crippen LogP contribution in [-0.4, -0.2) is 14.8 Å². The smallest absolute Gasteiger partial charge is 0.0306 e. The summed E-state index contributed by atoms with van der Waals surface area (Å²) in [6, 6.07) is 8.94. The van der Waals surface area contributed by atoms with Gasteiger partial charge in [0.1, 0.15) is 0 Å². The molecule has 99 valence electrons. The maximum absolute atomic E-state index is 5.51. The summed E-state index contributed by atoms with van der Waals surface area (Å²) in [5, 5.41) is 4.44. The second kappa shape index (κ2) is 5.51. The van der Waals surface area contributed by atoms with Crippen molar-refractivity contribution in [3.63, 3.8) is 0 Å². The van der Waals surface area contributed by atoms with Crippen LogP contribution in [0, 0.1) is 13.0 Å². The molecule has 1 radical (unpaired) electrons. The van der Waals surface area contributed by atoms with Crippen LogP contribution >= 0.6 is 0 Å². The van der Waals surface area contributed by atoms with Crippen molar-refractivity contribution in [3.8, 4) is 22.6 Å². The molecule has 0 saturated heterocycles. The fourth-order valence-corrected chi connectivity index (χ4v) is 1.85. The van der Waals surface area contributed by atoms with Crippen molar-refractivity contribution < 1.29 is 24.5 Å². The minimum Gasteiger partial charge on any atom is -0.535 e. The summed E-state index contributed by atoms with van der Waals surface area (Å²) in [6.45, 7) is 2.01. The molecule has 0 aromatic carbocycles. The molecular formula is C14H12IrN3O-. The standard InChI is InChI=1S/C14H12N3O.Ir/c1-10-8-13(16-17(10)2)12-5-7-18-14(12)11-4-3-6-15-9-11;/h3-4,6-9H,1-2H3;/q-1;. The number of furan rings is 1. The summed E-state index contributed by atoms with van der Waals surface area (Å²) < 4.78 is 7.35. The average molecular weight is 430 g/mol. The molecule has 0 aliphatic rings. The molecule has 4 nitrogen and oxygen atoms in total. The van der Waals surface area contributed by atoms with E-state index in [1.807, 2.05) is 36.9 Å². The molecule has 3 rings (SSSR count). The van der Waals surface area contributed by atoms with Crippen molar-refractivity contribution in [1.82, 2.24) is 14.8 Å². The molecule has 0 aliphatic carbocycles. The summed E-state index contributed by atoms with van der Waals surface area (Å²) in [7, 11) is 1.92. The van der Waals surface area contributed by atoms with Crippen LogP contribution in [-0.2, 0) is 27.2 Å². The van der Waals surface area contributed by atoms with E-state index < -0.39 is 0 Å². The SMILES string of the molecule is Cc1cc(-c2[c-]coc2-c2cccnc2)nn1C.[Ir]. The van der Waals surface area contributed by atoms with Gasteiger partial charge in [-0.3, -0.25) is 9.67 Å². The number of pyridine rings is 1. The van der Waals surface area contributed by atoms with Crippen molar-refractivity contribution in [2.45, 2.75) is 6.92 Å². The van der Waals surface area contributed by atoms with Crippen LogP contribution in [0.25, 0.3) is 22.6 Å². The molecule has 5 heteroatoms. The quantitative estimate of drug-likeness (QED) is 0.588. The first-order valence-corrected chi connectivity index (χ1v) is 5.66. The Kier molecular flexibility index (Phi) is 3.98. The van der Waals surface area contributed by atoms with Crippen LogP contribution in [0.1, 0.15) is 5.69 Å². The van der Waals surface area contributed by atoms with E-state index in [0.717, 1.165) is 28.3 Å². The first kappa shape index (κ1) is 13.7. The molecule has 0 bridgehead atoms. The van der Waals surface area contributed by atoms with Gasteiger partial charge in [-0.1, -0.05) is 12.1 Å². The van der Waals surface area contributed by atoms with Crippen LogP contribution in [0.2, 0.25) is 0 Å². The second-order valence-corrected chi connectivity index (χ2v) is 4.12. The number of aromatic nitrogens is 3. The van der Waals surface area contributed by atoms with E-state index in [1.165, 1.54) is 0 Å². The van der Waals surface area contributed by atoms with Gasteiger partial charge in [0.05, 0.1) is 0 Å². The Bertz CT molecular complexity index is 654. The fraction of sp³-hybridized carbons (Fsp3) is 0.143. The van der Waals surface area contributed by atoms with Gasteiger partial charge in [0.2, 0.25) is 0 Å². The van der Waals surface area contributed by atoms with Gasteiger partial charge in [-0.05, 0) is 24.2 Å². The normalized spacial score (nSPS) is 10.2. The zero-order valence-electron chi connectivity index (χ0n) is 10.5. The molecule has 0 amide bonds. The van der Waals surface area contributed by atoms with Crippen LogP contribution in [0.5, 0.6) is 0 Å². The predicted molar refractivity (Wildman–Crippen MR) is 67.7 cm³/mol. The third-order valence-corrected chi connectivity index (χ3v) is 2.90. The van der Waals surface area contributed by atoms with Gasteiger partial charge in [0.15, 0.2) is 0 Å². The Morgan fingerprint density at radius 3 is 2.84 bits per heavy atom. The molecule has 0 atom stereocenters. The number of hydrogen-bond acceptors (Lipinski definition) is 3. The third kappa shape index (κ3) is 2.53. The van der Waals surface area contributed by atoms with E-state index >= 15 is 0 Å². The van der Waals surface area contributed by atoms with Gasteiger partial charge in [-0.15, -0.1) is 11.6 Å². The minimum atomic E-state index is 0. The van der Waals surface area contributed by atoms with E-state index in [1.54, 1.807) is 18.7 Å². The Hall–Kier alpha value is -1.71. The molecule has 3 heterocycles. The molecule has 19 heavy (non-hydrogen) atoms. The largest absolute Gasteiger partial charge is 0.535 e. The van der Waals surface area contributed by atoms with Crippen molar-refractivity contribution in [3.05, 3.63) is 48.6 Å². The van der Waals surface area contributed by atoms with Crippen LogP contribution in [0.15, 0.2) is 41.3 Å². The first-order chi connectivity index (χ1) is 8.75. The van der Waals surface area contributed by atoms with Crippen LogP contribution < -0.4 is 0 Å². The van der Waals surface area contributed by atoms with Crippen LogP contribution in [0.4, 0.5) is 0 Å². The molecular weight excluding hydrogens is 418 g/mol. The van der Waals surface area contributed by atoms with E-state index in [-0.39, 0.29) is 20.1 Å². The Balaban J connectivity index is 0.00000133. The third-order valence-electron chi connectivity index (χ3n) is 2.90. The van der Waals surface area contributed by atoms with Crippen molar-refractivity contribution in [2.75, 3.05) is 0 Å². The summed E-state index contributed by atoms with van der Waals surface area (Å²) in [5.41, 5.74) is 3.75. The molecule has 0 unspecified atom stereocenters. The summed E-state index contributed by atoms with van der Waals surface area (Å²) >= 11 is 0. The van der Waals surface area contributed by atoms with Gasteiger partial charge >= 0.3 is 0 Å². The predicted octanol–water partition coefficient (Wildman–Crippen LogP) is 2.85. The monoisotopic (exact) mass is 431 g/mol. The average Bonchev–Trinajstić information content (AvgIpc) is 2.98. The summed E-state index contributed by atoms with van der Waals surface area (Å²) in [5.74, 6) is 0.751. The van der Waals surface area contributed by atoms with Gasteiger partial charge in [0, 0.05) is 57.3 Å². The Morgan fingerprint density at radius 1 is 1.37 bits per heavy atom. The van der Waals surface area contributed by atoms with E-state index in [2.05, 4.69) is 16.1 Å². The van der Waals surface area contributed by atoms with E-state index in [9.17, 15) is 0 Å². The molecule has 0 spiro atoms. The fourth-order valence-electron chi connectivity index (χ4n) is 1.85. The maximum Gasteiger partial charge on any atom is 0.0306 e. The van der Waals surface area contributed by atoms with Crippen molar-refractivity contribution >= 4 is 0 Å². The molecule has 0 aliphatic heterocycles. The molecule has 0 saturated carbocycles. The summed E-state index contributed by atoms with van der Waals surface area (Å²) in [4.78, 5) is 4.10. The van der Waals surface area contributed by atoms with Gasteiger partial charge in [0.25, 0.3) is 0 Å². The van der Waals surface area contributed by atoms with Crippen molar-refractivity contribution in [2.24, 2.45) is 7.05 Å². The number of rotatable bonds is 2. The van der Waals surface area contributed by atoms with Gasteiger partial charge in [-0.25, -0.2) is 5.10 Å². The second-order valence-electron chi connectivity index (χ2n) is 4.12. The molecule has 0 fully saturated rings. The number of nitrogens with zero attached hydrogens (tertiary/aromatic N) is 3.